The zero-order valence-electron chi connectivity index (χ0n) is 17.5. The molecule has 1 nitrogen and oxygen atoms in total. The highest BCUT2D eigenvalue weighted by molar-refractivity contribution is 6.12. The van der Waals surface area contributed by atoms with Gasteiger partial charge in [-0.15, -0.1) is 0 Å². The molecule has 1 aliphatic rings. The fourth-order valence-corrected chi connectivity index (χ4v) is 5.58. The predicted octanol–water partition coefficient (Wildman–Crippen LogP) is 8.15. The van der Waals surface area contributed by atoms with Crippen molar-refractivity contribution >= 4 is 21.8 Å². The Morgan fingerprint density at radius 3 is 2.00 bits per heavy atom. The molecule has 7 rings (SSSR count). The first-order valence-corrected chi connectivity index (χ1v) is 11.2. The molecule has 6 aromatic rings. The van der Waals surface area contributed by atoms with Crippen molar-refractivity contribution in [3.8, 4) is 22.3 Å². The number of rotatable bonds is 2. The van der Waals surface area contributed by atoms with E-state index in [2.05, 4.69) is 120 Å². The zero-order chi connectivity index (χ0) is 21.1. The minimum atomic E-state index is 0.234. The van der Waals surface area contributed by atoms with Crippen molar-refractivity contribution in [3.63, 3.8) is 0 Å². The molecule has 5 aromatic carbocycles. The van der Waals surface area contributed by atoms with E-state index in [0.29, 0.717) is 0 Å². The van der Waals surface area contributed by atoms with E-state index in [1.807, 2.05) is 0 Å². The van der Waals surface area contributed by atoms with Crippen LogP contribution in [0.3, 0.4) is 0 Å². The van der Waals surface area contributed by atoms with Crippen LogP contribution in [0.25, 0.3) is 44.1 Å². The van der Waals surface area contributed by atoms with Crippen LogP contribution in [0.4, 0.5) is 0 Å². The molecular formula is C31H21N. The van der Waals surface area contributed by atoms with Gasteiger partial charge in [0.15, 0.2) is 0 Å². The van der Waals surface area contributed by atoms with E-state index in [0.717, 1.165) is 0 Å². The Labute approximate surface area is 187 Å². The van der Waals surface area contributed by atoms with Gasteiger partial charge in [0, 0.05) is 27.8 Å². The van der Waals surface area contributed by atoms with E-state index in [1.54, 1.807) is 0 Å². The van der Waals surface area contributed by atoms with Crippen LogP contribution < -0.4 is 0 Å². The summed E-state index contributed by atoms with van der Waals surface area (Å²) >= 11 is 0. The highest BCUT2D eigenvalue weighted by Gasteiger charge is 2.32. The summed E-state index contributed by atoms with van der Waals surface area (Å²) in [5.74, 6) is 0.234. The van der Waals surface area contributed by atoms with Crippen LogP contribution in [0.5, 0.6) is 0 Å². The fraction of sp³-hybridized carbons (Fsp3) is 0.0323. The lowest BCUT2D eigenvalue weighted by Crippen LogP contribution is -2.01. The molecule has 1 heteroatoms. The predicted molar refractivity (Wildman–Crippen MR) is 134 cm³/mol. The van der Waals surface area contributed by atoms with Crippen molar-refractivity contribution in [2.45, 2.75) is 5.92 Å². The van der Waals surface area contributed by atoms with E-state index in [1.165, 1.54) is 60.8 Å². The Balaban J connectivity index is 1.56. The van der Waals surface area contributed by atoms with Crippen molar-refractivity contribution in [1.29, 1.82) is 0 Å². The number of para-hydroxylation sites is 2. The van der Waals surface area contributed by atoms with Crippen LogP contribution >= 0.6 is 0 Å². The summed E-state index contributed by atoms with van der Waals surface area (Å²) in [4.78, 5) is 3.71. The van der Waals surface area contributed by atoms with Crippen LogP contribution in [-0.4, -0.2) is 4.98 Å². The van der Waals surface area contributed by atoms with Crippen LogP contribution in [-0.2, 0) is 0 Å². The molecule has 1 N–H and O–H groups in total. The van der Waals surface area contributed by atoms with Gasteiger partial charge in [0.05, 0.1) is 5.52 Å². The summed E-state index contributed by atoms with van der Waals surface area (Å²) in [6.07, 6.45) is 0. The Hall–Kier alpha value is -4.10. The molecule has 32 heavy (non-hydrogen) atoms. The van der Waals surface area contributed by atoms with Crippen molar-refractivity contribution < 1.29 is 0 Å². The number of hydrogen-bond donors (Lipinski definition) is 1. The summed E-state index contributed by atoms with van der Waals surface area (Å²) in [5.41, 5.74) is 11.8. The van der Waals surface area contributed by atoms with E-state index < -0.39 is 0 Å². The second-order valence-electron chi connectivity index (χ2n) is 8.60. The smallest absolute Gasteiger partial charge is 0.0544 e. The largest absolute Gasteiger partial charge is 0.354 e. The van der Waals surface area contributed by atoms with Gasteiger partial charge in [0.25, 0.3) is 0 Å². The van der Waals surface area contributed by atoms with Gasteiger partial charge in [-0.05, 0) is 39.4 Å². The molecule has 0 spiro atoms. The third-order valence-electron chi connectivity index (χ3n) is 6.92. The molecular weight excluding hydrogens is 386 g/mol. The minimum absolute atomic E-state index is 0.234. The summed E-state index contributed by atoms with van der Waals surface area (Å²) in [6, 6.07) is 41.8. The Bertz CT molecular complexity index is 1620. The van der Waals surface area contributed by atoms with Crippen LogP contribution in [0.2, 0.25) is 0 Å². The average molecular weight is 408 g/mol. The molecule has 1 aliphatic carbocycles. The number of aromatic amines is 1. The Kier molecular flexibility index (Phi) is 3.68. The zero-order valence-corrected chi connectivity index (χ0v) is 17.5. The molecule has 1 aromatic heterocycles. The molecule has 0 amide bonds. The average Bonchev–Trinajstić information content (AvgIpc) is 3.41. The molecule has 1 unspecified atom stereocenters. The van der Waals surface area contributed by atoms with Crippen molar-refractivity contribution in [3.05, 3.63) is 132 Å². The highest BCUT2D eigenvalue weighted by atomic mass is 14.7. The van der Waals surface area contributed by atoms with Gasteiger partial charge in [0.2, 0.25) is 0 Å². The minimum Gasteiger partial charge on any atom is -0.354 e. The molecule has 1 atom stereocenters. The van der Waals surface area contributed by atoms with Gasteiger partial charge in [-0.2, -0.15) is 0 Å². The summed E-state index contributed by atoms with van der Waals surface area (Å²) in [5, 5.41) is 2.56. The third kappa shape index (κ3) is 2.39. The SMILES string of the molecule is c1ccc(C2c3ccccc3-c3cccc(-c4cccc5c4[nH]c4ccccc45)c32)cc1. The molecule has 0 saturated carbocycles. The Morgan fingerprint density at radius 2 is 1.09 bits per heavy atom. The van der Waals surface area contributed by atoms with Crippen molar-refractivity contribution in [2.24, 2.45) is 0 Å². The standard InChI is InChI=1S/C31H21N/c1-2-10-20(11-3-1)29-23-14-5-4-12-21(23)24-15-8-16-25(30(24)29)27-18-9-17-26-22-13-6-7-19-28(22)32-31(26)27/h1-19,29,32H. The lowest BCUT2D eigenvalue weighted by atomic mass is 9.84. The lowest BCUT2D eigenvalue weighted by Gasteiger charge is -2.18. The van der Waals surface area contributed by atoms with Gasteiger partial charge in [-0.1, -0.05) is 109 Å². The van der Waals surface area contributed by atoms with Crippen molar-refractivity contribution in [2.75, 3.05) is 0 Å². The first-order chi connectivity index (χ1) is 15.9. The van der Waals surface area contributed by atoms with E-state index in [9.17, 15) is 0 Å². The fourth-order valence-electron chi connectivity index (χ4n) is 5.58. The van der Waals surface area contributed by atoms with Gasteiger partial charge >= 0.3 is 0 Å². The number of nitrogens with one attached hydrogen (secondary N) is 1. The van der Waals surface area contributed by atoms with Gasteiger partial charge in [0.1, 0.15) is 0 Å². The number of H-pyrrole nitrogens is 1. The first-order valence-electron chi connectivity index (χ1n) is 11.2. The molecule has 0 radical (unpaired) electrons. The van der Waals surface area contributed by atoms with Gasteiger partial charge in [-0.25, -0.2) is 0 Å². The van der Waals surface area contributed by atoms with E-state index in [-0.39, 0.29) is 5.92 Å². The number of fused-ring (bicyclic) bond motifs is 6. The topological polar surface area (TPSA) is 15.8 Å². The van der Waals surface area contributed by atoms with E-state index in [4.69, 9.17) is 0 Å². The Morgan fingerprint density at radius 1 is 0.469 bits per heavy atom. The summed E-state index contributed by atoms with van der Waals surface area (Å²) in [6.45, 7) is 0. The normalized spacial score (nSPS) is 14.6. The lowest BCUT2D eigenvalue weighted by molar-refractivity contribution is 1.02. The maximum absolute atomic E-state index is 3.71. The highest BCUT2D eigenvalue weighted by Crippen LogP contribution is 2.52. The number of hydrogen-bond acceptors (Lipinski definition) is 0. The molecule has 1 heterocycles. The van der Waals surface area contributed by atoms with Crippen LogP contribution in [0.15, 0.2) is 115 Å². The second-order valence-corrected chi connectivity index (χ2v) is 8.60. The number of aromatic nitrogens is 1. The van der Waals surface area contributed by atoms with E-state index >= 15 is 0 Å². The van der Waals surface area contributed by atoms with Crippen molar-refractivity contribution in [1.82, 2.24) is 4.98 Å². The van der Waals surface area contributed by atoms with Crippen LogP contribution in [0.1, 0.15) is 22.6 Å². The molecule has 0 aliphatic heterocycles. The van der Waals surface area contributed by atoms with Gasteiger partial charge in [-0.3, -0.25) is 0 Å². The third-order valence-corrected chi connectivity index (χ3v) is 6.92. The molecule has 0 fully saturated rings. The molecule has 0 saturated heterocycles. The van der Waals surface area contributed by atoms with Gasteiger partial charge < -0.3 is 4.98 Å². The maximum atomic E-state index is 3.71. The molecule has 150 valence electrons. The first kappa shape index (κ1) is 17.6. The molecule has 0 bridgehead atoms. The maximum Gasteiger partial charge on any atom is 0.0544 e. The monoisotopic (exact) mass is 407 g/mol. The second kappa shape index (κ2) is 6.70. The number of benzene rings is 5. The quantitative estimate of drug-likeness (QED) is 0.298. The summed E-state index contributed by atoms with van der Waals surface area (Å²) in [7, 11) is 0. The van der Waals surface area contributed by atoms with Crippen LogP contribution in [0, 0.1) is 0 Å². The summed E-state index contributed by atoms with van der Waals surface area (Å²) < 4.78 is 0.